The highest BCUT2D eigenvalue weighted by atomic mass is 16.3. The van der Waals surface area contributed by atoms with E-state index in [-0.39, 0.29) is 11.1 Å². The lowest BCUT2D eigenvalue weighted by Gasteiger charge is -2.14. The summed E-state index contributed by atoms with van der Waals surface area (Å²) < 4.78 is 0. The first-order valence-corrected chi connectivity index (χ1v) is 4.02. The zero-order valence-corrected chi connectivity index (χ0v) is 7.81. The van der Waals surface area contributed by atoms with Crippen molar-refractivity contribution in [2.75, 3.05) is 0 Å². The summed E-state index contributed by atoms with van der Waals surface area (Å²) in [6.45, 7) is 2.68. The van der Waals surface area contributed by atoms with Crippen LogP contribution in [0.3, 0.4) is 0 Å². The van der Waals surface area contributed by atoms with Gasteiger partial charge in [-0.2, -0.15) is 0 Å². The van der Waals surface area contributed by atoms with Gasteiger partial charge in [0.1, 0.15) is 5.75 Å². The van der Waals surface area contributed by atoms with Crippen molar-refractivity contribution in [1.29, 1.82) is 0 Å². The average molecular weight is 200 g/mol. The molecule has 1 aromatic rings. The highest BCUT2D eigenvalue weighted by molar-refractivity contribution is 5.64. The third kappa shape index (κ3) is 1.31. The first-order chi connectivity index (χ1) is 6.37. The van der Waals surface area contributed by atoms with Crippen molar-refractivity contribution in [3.05, 3.63) is 11.1 Å². The topological polar surface area (TPSA) is 101 Å². The van der Waals surface area contributed by atoms with Gasteiger partial charge in [-0.25, -0.2) is 0 Å². The van der Waals surface area contributed by atoms with Crippen LogP contribution in [0.4, 0.5) is 0 Å². The zero-order chi connectivity index (χ0) is 11.0. The van der Waals surface area contributed by atoms with Crippen molar-refractivity contribution in [1.82, 2.24) is 0 Å². The fourth-order valence-corrected chi connectivity index (χ4v) is 1.24. The number of phenols is 4. The van der Waals surface area contributed by atoms with Crippen molar-refractivity contribution in [2.45, 2.75) is 20.0 Å². The van der Waals surface area contributed by atoms with Crippen LogP contribution in [0.25, 0.3) is 0 Å². The van der Waals surface area contributed by atoms with E-state index >= 15 is 0 Å². The molecule has 0 saturated heterocycles. The SMILES string of the molecule is Cc1c(O)c(O)c(O)c(C(C)O)c1O. The van der Waals surface area contributed by atoms with Gasteiger partial charge in [0.25, 0.3) is 0 Å². The Morgan fingerprint density at radius 2 is 1.36 bits per heavy atom. The van der Waals surface area contributed by atoms with Crippen LogP contribution in [-0.4, -0.2) is 25.5 Å². The molecule has 14 heavy (non-hydrogen) atoms. The van der Waals surface area contributed by atoms with Crippen LogP contribution in [0, 0.1) is 6.92 Å². The highest BCUT2D eigenvalue weighted by Crippen LogP contribution is 2.48. The molecule has 1 aromatic carbocycles. The lowest BCUT2D eigenvalue weighted by atomic mass is 10.0. The normalized spacial score (nSPS) is 12.8. The van der Waals surface area contributed by atoms with Gasteiger partial charge in [-0.05, 0) is 13.8 Å². The zero-order valence-electron chi connectivity index (χ0n) is 7.81. The molecule has 0 radical (unpaired) electrons. The highest BCUT2D eigenvalue weighted by Gasteiger charge is 2.23. The van der Waals surface area contributed by atoms with Gasteiger partial charge in [0.15, 0.2) is 11.5 Å². The molecule has 0 heterocycles. The third-order valence-electron chi connectivity index (χ3n) is 2.09. The van der Waals surface area contributed by atoms with Gasteiger partial charge in [0.2, 0.25) is 5.75 Å². The number of rotatable bonds is 1. The molecular weight excluding hydrogens is 188 g/mol. The first kappa shape index (κ1) is 10.5. The molecule has 1 unspecified atom stereocenters. The van der Waals surface area contributed by atoms with Gasteiger partial charge in [-0.1, -0.05) is 0 Å². The molecule has 1 atom stereocenters. The Hall–Kier alpha value is -1.62. The Morgan fingerprint density at radius 3 is 1.79 bits per heavy atom. The molecule has 1 rings (SSSR count). The molecule has 0 bridgehead atoms. The summed E-state index contributed by atoms with van der Waals surface area (Å²) in [5.41, 5.74) is -0.186. The second-order valence-corrected chi connectivity index (χ2v) is 3.11. The van der Waals surface area contributed by atoms with Crippen LogP contribution in [0.1, 0.15) is 24.2 Å². The summed E-state index contributed by atoms with van der Waals surface area (Å²) in [5, 5.41) is 46.4. The van der Waals surface area contributed by atoms with E-state index in [1.807, 2.05) is 0 Å². The predicted octanol–water partition coefficient (Wildman–Crippen LogP) is 0.871. The maximum absolute atomic E-state index is 9.46. The smallest absolute Gasteiger partial charge is 0.201 e. The maximum atomic E-state index is 9.46. The quantitative estimate of drug-likeness (QED) is 0.342. The number of aliphatic hydroxyl groups is 1. The van der Waals surface area contributed by atoms with Crippen molar-refractivity contribution in [3.63, 3.8) is 0 Å². The van der Waals surface area contributed by atoms with E-state index < -0.39 is 29.1 Å². The van der Waals surface area contributed by atoms with Crippen molar-refractivity contribution < 1.29 is 25.5 Å². The minimum Gasteiger partial charge on any atom is -0.507 e. The lowest BCUT2D eigenvalue weighted by molar-refractivity contribution is 0.188. The number of hydrogen-bond acceptors (Lipinski definition) is 5. The van der Waals surface area contributed by atoms with E-state index in [0.29, 0.717) is 0 Å². The minimum absolute atomic E-state index is 0.0104. The standard InChI is InChI=1S/C9H12O5/c1-3-6(11)5(4(2)10)8(13)9(14)7(3)12/h4,10-14H,1-2H3. The van der Waals surface area contributed by atoms with Gasteiger partial charge >= 0.3 is 0 Å². The summed E-state index contributed by atoms with van der Waals surface area (Å²) >= 11 is 0. The molecule has 78 valence electrons. The molecule has 0 aliphatic carbocycles. The molecule has 0 aromatic heterocycles. The monoisotopic (exact) mass is 200 g/mol. The Bertz CT molecular complexity index is 341. The van der Waals surface area contributed by atoms with E-state index in [2.05, 4.69) is 0 Å². The summed E-state index contributed by atoms with van der Waals surface area (Å²) in [4.78, 5) is 0. The van der Waals surface area contributed by atoms with Crippen LogP contribution in [0.5, 0.6) is 23.0 Å². The van der Waals surface area contributed by atoms with Gasteiger partial charge in [0.05, 0.1) is 11.7 Å². The van der Waals surface area contributed by atoms with Crippen LogP contribution < -0.4 is 0 Å². The first-order valence-electron chi connectivity index (χ1n) is 4.02. The number of phenolic OH excluding ortho intramolecular Hbond substituents is 4. The van der Waals surface area contributed by atoms with Crippen LogP contribution in [0.15, 0.2) is 0 Å². The fraction of sp³-hybridized carbons (Fsp3) is 0.333. The number of benzene rings is 1. The molecule has 0 aliphatic heterocycles. The van der Waals surface area contributed by atoms with Gasteiger partial charge in [0, 0.05) is 5.56 Å². The Morgan fingerprint density at radius 1 is 0.857 bits per heavy atom. The van der Waals surface area contributed by atoms with E-state index in [4.69, 9.17) is 0 Å². The van der Waals surface area contributed by atoms with Gasteiger partial charge in [-0.3, -0.25) is 0 Å². The van der Waals surface area contributed by atoms with E-state index in [1.54, 1.807) is 0 Å². The Labute approximate surface area is 80.5 Å². The number of aliphatic hydroxyl groups excluding tert-OH is 1. The summed E-state index contributed by atoms with van der Waals surface area (Å²) in [7, 11) is 0. The number of aromatic hydroxyl groups is 4. The second-order valence-electron chi connectivity index (χ2n) is 3.11. The molecule has 0 aliphatic rings. The second kappa shape index (κ2) is 3.26. The molecule has 5 heteroatoms. The third-order valence-corrected chi connectivity index (χ3v) is 2.09. The fourth-order valence-electron chi connectivity index (χ4n) is 1.24. The summed E-state index contributed by atoms with van der Waals surface area (Å²) in [6.07, 6.45) is -1.14. The van der Waals surface area contributed by atoms with E-state index in [1.165, 1.54) is 13.8 Å². The molecule has 0 amide bonds. The summed E-state index contributed by atoms with van der Waals surface area (Å²) in [6, 6.07) is 0. The lowest BCUT2D eigenvalue weighted by Crippen LogP contribution is -1.95. The Balaban J connectivity index is 3.60. The van der Waals surface area contributed by atoms with Crippen molar-refractivity contribution in [2.24, 2.45) is 0 Å². The molecule has 5 nitrogen and oxygen atoms in total. The molecule has 0 saturated carbocycles. The van der Waals surface area contributed by atoms with Crippen molar-refractivity contribution >= 4 is 0 Å². The number of hydrogen-bond donors (Lipinski definition) is 5. The van der Waals surface area contributed by atoms with Crippen molar-refractivity contribution in [3.8, 4) is 23.0 Å². The summed E-state index contributed by atoms with van der Waals surface area (Å²) in [5.74, 6) is -2.46. The molecular formula is C9H12O5. The molecule has 0 fully saturated rings. The minimum atomic E-state index is -1.14. The van der Waals surface area contributed by atoms with E-state index in [9.17, 15) is 25.5 Å². The Kier molecular flexibility index (Phi) is 2.44. The van der Waals surface area contributed by atoms with E-state index in [0.717, 1.165) is 0 Å². The molecule has 5 N–H and O–H groups in total. The van der Waals surface area contributed by atoms with Crippen LogP contribution in [-0.2, 0) is 0 Å². The predicted molar refractivity (Wildman–Crippen MR) is 48.5 cm³/mol. The van der Waals surface area contributed by atoms with Gasteiger partial charge in [-0.15, -0.1) is 0 Å². The average Bonchev–Trinajstić information content (AvgIpc) is 2.11. The van der Waals surface area contributed by atoms with Crippen LogP contribution in [0.2, 0.25) is 0 Å². The largest absolute Gasteiger partial charge is 0.507 e. The van der Waals surface area contributed by atoms with Crippen LogP contribution >= 0.6 is 0 Å². The maximum Gasteiger partial charge on any atom is 0.201 e. The van der Waals surface area contributed by atoms with Gasteiger partial charge < -0.3 is 25.5 Å². The molecule has 0 spiro atoms.